The second-order valence-electron chi connectivity index (χ2n) is 5.63. The van der Waals surface area contributed by atoms with Crippen molar-refractivity contribution in [3.8, 4) is 5.75 Å². The summed E-state index contributed by atoms with van der Waals surface area (Å²) in [6, 6.07) is 8.71. The van der Waals surface area contributed by atoms with Gasteiger partial charge in [-0.2, -0.15) is 0 Å². The van der Waals surface area contributed by atoms with E-state index in [1.165, 1.54) is 12.1 Å². The molecule has 1 saturated heterocycles. The quantitative estimate of drug-likeness (QED) is 0.749. The molecule has 0 spiro atoms. The Hall–Kier alpha value is -1.26. The first-order chi connectivity index (χ1) is 10.3. The van der Waals surface area contributed by atoms with Crippen LogP contribution in [0.1, 0.15) is 32.6 Å². The van der Waals surface area contributed by atoms with E-state index in [1.807, 2.05) is 12.1 Å². The van der Waals surface area contributed by atoms with E-state index in [4.69, 9.17) is 15.2 Å². The molecule has 0 saturated carbocycles. The summed E-state index contributed by atoms with van der Waals surface area (Å²) >= 11 is 0. The van der Waals surface area contributed by atoms with Crippen LogP contribution >= 0.6 is 0 Å². The minimum Gasteiger partial charge on any atom is -0.491 e. The van der Waals surface area contributed by atoms with Gasteiger partial charge >= 0.3 is 0 Å². The Bertz CT molecular complexity index is 386. The Morgan fingerprint density at radius 2 is 1.81 bits per heavy atom. The molecule has 1 aromatic carbocycles. The van der Waals surface area contributed by atoms with E-state index in [0.717, 1.165) is 44.7 Å². The van der Waals surface area contributed by atoms with Gasteiger partial charge in [0.2, 0.25) is 0 Å². The van der Waals surface area contributed by atoms with E-state index < -0.39 is 0 Å². The maximum Gasteiger partial charge on any atom is 0.119 e. The number of hydrogen-bond acceptors (Lipinski definition) is 4. The van der Waals surface area contributed by atoms with E-state index in [1.54, 1.807) is 0 Å². The number of nitrogens with zero attached hydrogens (tertiary/aromatic N) is 1. The minimum atomic E-state index is 0.372. The molecule has 0 atom stereocenters. The molecular formula is C17H28N2O2. The van der Waals surface area contributed by atoms with Crippen LogP contribution in [-0.2, 0) is 4.74 Å². The lowest BCUT2D eigenvalue weighted by atomic mass is 10.1. The van der Waals surface area contributed by atoms with Gasteiger partial charge in [-0.15, -0.1) is 0 Å². The highest BCUT2D eigenvalue weighted by Crippen LogP contribution is 2.22. The van der Waals surface area contributed by atoms with Gasteiger partial charge in [-0.3, -0.25) is 0 Å². The van der Waals surface area contributed by atoms with Gasteiger partial charge in [-0.05, 0) is 43.5 Å². The van der Waals surface area contributed by atoms with Crippen molar-refractivity contribution in [3.05, 3.63) is 24.3 Å². The van der Waals surface area contributed by atoms with Crippen molar-refractivity contribution in [1.29, 1.82) is 0 Å². The molecular weight excluding hydrogens is 264 g/mol. The fourth-order valence-corrected chi connectivity index (χ4v) is 2.48. The monoisotopic (exact) mass is 292 g/mol. The van der Waals surface area contributed by atoms with Gasteiger partial charge < -0.3 is 20.1 Å². The minimum absolute atomic E-state index is 0.372. The van der Waals surface area contributed by atoms with Crippen molar-refractivity contribution < 1.29 is 9.47 Å². The largest absolute Gasteiger partial charge is 0.491 e. The average molecular weight is 292 g/mol. The van der Waals surface area contributed by atoms with Crippen molar-refractivity contribution in [1.82, 2.24) is 0 Å². The number of rotatable bonds is 8. The summed E-state index contributed by atoms with van der Waals surface area (Å²) in [6.07, 6.45) is 4.44. The molecule has 0 radical (unpaired) electrons. The number of piperidine rings is 1. The maximum absolute atomic E-state index is 5.94. The van der Waals surface area contributed by atoms with Gasteiger partial charge in [-0.25, -0.2) is 0 Å². The zero-order valence-electron chi connectivity index (χ0n) is 13.1. The summed E-state index contributed by atoms with van der Waals surface area (Å²) in [7, 11) is 0. The number of nitrogens with two attached hydrogens (primary N) is 1. The third kappa shape index (κ3) is 5.56. The molecule has 4 nitrogen and oxygen atoms in total. The van der Waals surface area contributed by atoms with Crippen molar-refractivity contribution in [2.45, 2.75) is 38.6 Å². The second-order valence-corrected chi connectivity index (χ2v) is 5.63. The second kappa shape index (κ2) is 8.90. The van der Waals surface area contributed by atoms with E-state index in [-0.39, 0.29) is 0 Å². The van der Waals surface area contributed by atoms with Gasteiger partial charge in [0.1, 0.15) is 12.4 Å². The van der Waals surface area contributed by atoms with Crippen LogP contribution in [0.5, 0.6) is 5.75 Å². The maximum atomic E-state index is 5.94. The molecule has 4 heteroatoms. The van der Waals surface area contributed by atoms with Gasteiger partial charge in [-0.1, -0.05) is 13.3 Å². The zero-order valence-corrected chi connectivity index (χ0v) is 13.1. The lowest BCUT2D eigenvalue weighted by Gasteiger charge is -2.32. The Balaban J connectivity index is 1.69. The third-order valence-electron chi connectivity index (χ3n) is 3.88. The Morgan fingerprint density at radius 1 is 1.10 bits per heavy atom. The predicted molar refractivity (Wildman–Crippen MR) is 87.1 cm³/mol. The average Bonchev–Trinajstić information content (AvgIpc) is 2.52. The third-order valence-corrected chi connectivity index (χ3v) is 3.88. The van der Waals surface area contributed by atoms with Crippen LogP contribution in [0.2, 0.25) is 0 Å². The summed E-state index contributed by atoms with van der Waals surface area (Å²) < 4.78 is 11.2. The summed E-state index contributed by atoms with van der Waals surface area (Å²) in [5.74, 6) is 0.909. The standard InChI is InChI=1S/C17H28N2O2/c1-2-3-12-20-13-14-21-17-6-4-16(5-7-17)19-10-8-15(18)9-11-19/h4-7,15H,2-3,8-14,18H2,1H3. The molecule has 1 aromatic rings. The molecule has 1 fully saturated rings. The van der Waals surface area contributed by atoms with Crippen LogP contribution in [0, 0.1) is 0 Å². The van der Waals surface area contributed by atoms with Gasteiger partial charge in [0.05, 0.1) is 6.61 Å². The first-order valence-electron chi connectivity index (χ1n) is 8.10. The number of ether oxygens (including phenoxy) is 2. The predicted octanol–water partition coefficient (Wildman–Crippen LogP) is 2.81. The van der Waals surface area contributed by atoms with Gasteiger partial charge in [0.15, 0.2) is 0 Å². The highest BCUT2D eigenvalue weighted by atomic mass is 16.5. The van der Waals surface area contributed by atoms with Crippen LogP contribution in [0.4, 0.5) is 5.69 Å². The molecule has 1 aliphatic rings. The summed E-state index contributed by atoms with van der Waals surface area (Å²) in [5.41, 5.74) is 7.20. The Kier molecular flexibility index (Phi) is 6.83. The van der Waals surface area contributed by atoms with E-state index in [0.29, 0.717) is 19.3 Å². The van der Waals surface area contributed by atoms with Crippen LogP contribution in [-0.4, -0.2) is 39.0 Å². The SMILES string of the molecule is CCCCOCCOc1ccc(N2CCC(N)CC2)cc1. The molecule has 2 rings (SSSR count). The number of benzene rings is 1. The van der Waals surface area contributed by atoms with Crippen molar-refractivity contribution >= 4 is 5.69 Å². The Morgan fingerprint density at radius 3 is 2.48 bits per heavy atom. The molecule has 0 unspecified atom stereocenters. The lowest BCUT2D eigenvalue weighted by Crippen LogP contribution is -2.39. The molecule has 0 aliphatic carbocycles. The summed E-state index contributed by atoms with van der Waals surface area (Å²) in [5, 5.41) is 0. The van der Waals surface area contributed by atoms with Crippen molar-refractivity contribution in [2.24, 2.45) is 5.73 Å². The molecule has 0 aromatic heterocycles. The molecule has 2 N–H and O–H groups in total. The van der Waals surface area contributed by atoms with E-state index >= 15 is 0 Å². The number of anilines is 1. The molecule has 21 heavy (non-hydrogen) atoms. The first-order valence-corrected chi connectivity index (χ1v) is 8.10. The summed E-state index contributed by atoms with van der Waals surface area (Å²) in [4.78, 5) is 2.39. The lowest BCUT2D eigenvalue weighted by molar-refractivity contribution is 0.0980. The number of unbranched alkanes of at least 4 members (excludes halogenated alkanes) is 1. The van der Waals surface area contributed by atoms with Crippen LogP contribution in [0.3, 0.4) is 0 Å². The van der Waals surface area contributed by atoms with Crippen LogP contribution < -0.4 is 15.4 Å². The van der Waals surface area contributed by atoms with Crippen molar-refractivity contribution in [2.75, 3.05) is 37.8 Å². The van der Waals surface area contributed by atoms with Gasteiger partial charge in [0, 0.05) is 31.4 Å². The first kappa shape index (κ1) is 16.1. The van der Waals surface area contributed by atoms with E-state index in [9.17, 15) is 0 Å². The van der Waals surface area contributed by atoms with Crippen LogP contribution in [0.15, 0.2) is 24.3 Å². The van der Waals surface area contributed by atoms with Crippen molar-refractivity contribution in [3.63, 3.8) is 0 Å². The number of hydrogen-bond donors (Lipinski definition) is 1. The fourth-order valence-electron chi connectivity index (χ4n) is 2.48. The highest BCUT2D eigenvalue weighted by Gasteiger charge is 2.16. The topological polar surface area (TPSA) is 47.7 Å². The highest BCUT2D eigenvalue weighted by molar-refractivity contribution is 5.49. The van der Waals surface area contributed by atoms with E-state index in [2.05, 4.69) is 24.0 Å². The molecule has 0 amide bonds. The van der Waals surface area contributed by atoms with Gasteiger partial charge in [0.25, 0.3) is 0 Å². The normalized spacial score (nSPS) is 16.2. The smallest absolute Gasteiger partial charge is 0.119 e. The fraction of sp³-hybridized carbons (Fsp3) is 0.647. The van der Waals surface area contributed by atoms with Crippen LogP contribution in [0.25, 0.3) is 0 Å². The zero-order chi connectivity index (χ0) is 14.9. The molecule has 0 bridgehead atoms. The summed E-state index contributed by atoms with van der Waals surface area (Å²) in [6.45, 7) is 6.36. The molecule has 1 aliphatic heterocycles. The Labute approximate surface area is 128 Å². The molecule has 1 heterocycles. The molecule has 118 valence electrons.